The quantitative estimate of drug-likeness (QED) is 0.900. The zero-order chi connectivity index (χ0) is 15.3. The third-order valence-corrected chi connectivity index (χ3v) is 2.71. The Morgan fingerprint density at radius 1 is 0.952 bits per heavy atom. The molecule has 0 unspecified atom stereocenters. The fraction of sp³-hybridized carbons (Fsp3) is 0.133. The number of hydrogen-bond acceptors (Lipinski definition) is 2. The van der Waals surface area contributed by atoms with Crippen molar-refractivity contribution in [1.82, 2.24) is 0 Å². The molecule has 0 spiro atoms. The first-order valence-corrected chi connectivity index (χ1v) is 6.21. The minimum absolute atomic E-state index is 0.115. The van der Waals surface area contributed by atoms with Crippen LogP contribution < -0.4 is 10.6 Å². The van der Waals surface area contributed by atoms with E-state index < -0.39 is 12.1 Å². The van der Waals surface area contributed by atoms with Crippen LogP contribution in [0.3, 0.4) is 0 Å². The van der Waals surface area contributed by atoms with Crippen molar-refractivity contribution in [2.45, 2.75) is 12.7 Å². The lowest BCUT2D eigenvalue weighted by Crippen LogP contribution is -2.29. The molecule has 1 amide bonds. The van der Waals surface area contributed by atoms with E-state index in [0.29, 0.717) is 6.54 Å². The molecule has 3 nitrogen and oxygen atoms in total. The fourth-order valence-electron chi connectivity index (χ4n) is 1.72. The normalized spacial score (nSPS) is 11.0. The van der Waals surface area contributed by atoms with Crippen molar-refractivity contribution in [2.75, 3.05) is 10.6 Å². The summed E-state index contributed by atoms with van der Waals surface area (Å²) in [6.07, 6.45) is -4.89. The minimum atomic E-state index is -4.89. The Kier molecular flexibility index (Phi) is 4.47. The Balaban J connectivity index is 1.99. The van der Waals surface area contributed by atoms with Crippen molar-refractivity contribution >= 4 is 17.3 Å². The molecule has 0 aliphatic heterocycles. The van der Waals surface area contributed by atoms with Gasteiger partial charge < -0.3 is 10.6 Å². The van der Waals surface area contributed by atoms with Crippen molar-refractivity contribution in [2.24, 2.45) is 0 Å². The predicted molar refractivity (Wildman–Crippen MR) is 74.9 cm³/mol. The average molecular weight is 294 g/mol. The predicted octanol–water partition coefficient (Wildman–Crippen LogP) is 3.80. The van der Waals surface area contributed by atoms with E-state index in [1.807, 2.05) is 35.6 Å². The van der Waals surface area contributed by atoms with Crippen LogP contribution in [0.2, 0.25) is 0 Å². The summed E-state index contributed by atoms with van der Waals surface area (Å²) >= 11 is 0. The number of amides is 1. The van der Waals surface area contributed by atoms with E-state index in [1.165, 1.54) is 12.1 Å². The van der Waals surface area contributed by atoms with Crippen LogP contribution in [0, 0.1) is 0 Å². The van der Waals surface area contributed by atoms with Gasteiger partial charge in [0.1, 0.15) is 0 Å². The Morgan fingerprint density at radius 2 is 1.62 bits per heavy atom. The standard InChI is InChI=1S/C15H13F3N2O/c16-15(17,18)14(21)20-13-8-4-5-11(9-13)10-19-12-6-2-1-3-7-12/h1-9,19H,10H2,(H,20,21). The summed E-state index contributed by atoms with van der Waals surface area (Å²) in [6.45, 7) is 0.444. The van der Waals surface area contributed by atoms with Gasteiger partial charge in [0.25, 0.3) is 0 Å². The third kappa shape index (κ3) is 4.52. The molecule has 21 heavy (non-hydrogen) atoms. The highest BCUT2D eigenvalue weighted by Gasteiger charge is 2.38. The minimum Gasteiger partial charge on any atom is -0.381 e. The van der Waals surface area contributed by atoms with Gasteiger partial charge in [0.2, 0.25) is 0 Å². The highest BCUT2D eigenvalue weighted by atomic mass is 19.4. The van der Waals surface area contributed by atoms with Gasteiger partial charge in [-0.3, -0.25) is 4.79 Å². The maximum Gasteiger partial charge on any atom is 0.471 e. The highest BCUT2D eigenvalue weighted by molar-refractivity contribution is 5.94. The molecule has 0 saturated carbocycles. The summed E-state index contributed by atoms with van der Waals surface area (Å²) in [5.74, 6) is -1.98. The zero-order valence-electron chi connectivity index (χ0n) is 10.9. The molecular weight excluding hydrogens is 281 g/mol. The first-order chi connectivity index (χ1) is 9.95. The van der Waals surface area contributed by atoms with Crippen LogP contribution >= 0.6 is 0 Å². The van der Waals surface area contributed by atoms with Crippen molar-refractivity contribution in [1.29, 1.82) is 0 Å². The second-order valence-corrected chi connectivity index (χ2v) is 4.37. The number of carbonyl (C=O) groups excluding carboxylic acids is 1. The fourth-order valence-corrected chi connectivity index (χ4v) is 1.72. The van der Waals surface area contributed by atoms with Gasteiger partial charge in [0, 0.05) is 17.9 Å². The van der Waals surface area contributed by atoms with Crippen LogP contribution in [0.4, 0.5) is 24.5 Å². The maximum atomic E-state index is 12.2. The molecular formula is C15H13F3N2O. The van der Waals surface area contributed by atoms with Crippen molar-refractivity contribution in [3.8, 4) is 0 Å². The molecule has 0 heterocycles. The summed E-state index contributed by atoms with van der Waals surface area (Å²) in [4.78, 5) is 10.9. The summed E-state index contributed by atoms with van der Waals surface area (Å²) in [7, 11) is 0. The molecule has 6 heteroatoms. The second-order valence-electron chi connectivity index (χ2n) is 4.37. The molecule has 2 aromatic carbocycles. The SMILES string of the molecule is O=C(Nc1cccc(CNc2ccccc2)c1)C(F)(F)F. The van der Waals surface area contributed by atoms with Gasteiger partial charge in [-0.15, -0.1) is 0 Å². The molecule has 0 fully saturated rings. The van der Waals surface area contributed by atoms with Crippen LogP contribution in [-0.4, -0.2) is 12.1 Å². The molecule has 0 saturated heterocycles. The van der Waals surface area contributed by atoms with E-state index in [2.05, 4.69) is 5.32 Å². The van der Waals surface area contributed by atoms with Gasteiger partial charge >= 0.3 is 12.1 Å². The van der Waals surface area contributed by atoms with E-state index in [0.717, 1.165) is 11.3 Å². The second kappa shape index (κ2) is 6.30. The first-order valence-electron chi connectivity index (χ1n) is 6.21. The molecule has 0 radical (unpaired) electrons. The summed E-state index contributed by atoms with van der Waals surface area (Å²) < 4.78 is 36.5. The van der Waals surface area contributed by atoms with Crippen LogP contribution in [0.5, 0.6) is 0 Å². The number of para-hydroxylation sites is 1. The number of halogens is 3. The number of rotatable bonds is 4. The van der Waals surface area contributed by atoms with Gasteiger partial charge in [-0.05, 0) is 29.8 Å². The maximum absolute atomic E-state index is 12.2. The van der Waals surface area contributed by atoms with Gasteiger partial charge in [-0.1, -0.05) is 30.3 Å². The molecule has 0 bridgehead atoms. The lowest BCUT2D eigenvalue weighted by molar-refractivity contribution is -0.167. The van der Waals surface area contributed by atoms with E-state index in [-0.39, 0.29) is 5.69 Å². The van der Waals surface area contributed by atoms with Crippen LogP contribution in [0.1, 0.15) is 5.56 Å². The average Bonchev–Trinajstić information content (AvgIpc) is 2.46. The van der Waals surface area contributed by atoms with Gasteiger partial charge in [-0.2, -0.15) is 13.2 Å². The first kappa shape index (κ1) is 14.9. The smallest absolute Gasteiger partial charge is 0.381 e. The van der Waals surface area contributed by atoms with Gasteiger partial charge in [0.15, 0.2) is 0 Å². The number of hydrogen-bond donors (Lipinski definition) is 2. The van der Waals surface area contributed by atoms with Crippen LogP contribution in [-0.2, 0) is 11.3 Å². The summed E-state index contributed by atoms with van der Waals surface area (Å²) in [5, 5.41) is 4.97. The number of carbonyl (C=O) groups is 1. The molecule has 2 N–H and O–H groups in total. The van der Waals surface area contributed by atoms with E-state index in [1.54, 1.807) is 12.1 Å². The third-order valence-electron chi connectivity index (χ3n) is 2.71. The molecule has 0 aliphatic rings. The number of benzene rings is 2. The van der Waals surface area contributed by atoms with E-state index >= 15 is 0 Å². The van der Waals surface area contributed by atoms with Crippen molar-refractivity contribution < 1.29 is 18.0 Å². The number of anilines is 2. The van der Waals surface area contributed by atoms with Crippen LogP contribution in [0.15, 0.2) is 54.6 Å². The van der Waals surface area contributed by atoms with E-state index in [4.69, 9.17) is 0 Å². The topological polar surface area (TPSA) is 41.1 Å². The number of alkyl halides is 3. The number of nitrogens with one attached hydrogen (secondary N) is 2. The largest absolute Gasteiger partial charge is 0.471 e. The van der Waals surface area contributed by atoms with Gasteiger partial charge in [-0.25, -0.2) is 0 Å². The lowest BCUT2D eigenvalue weighted by atomic mass is 10.2. The summed E-state index contributed by atoms with van der Waals surface area (Å²) in [6, 6.07) is 15.7. The molecule has 2 rings (SSSR count). The Bertz CT molecular complexity index is 612. The zero-order valence-corrected chi connectivity index (χ0v) is 10.9. The molecule has 0 aromatic heterocycles. The molecule has 0 atom stereocenters. The Hall–Kier alpha value is -2.50. The van der Waals surface area contributed by atoms with Gasteiger partial charge in [0.05, 0.1) is 0 Å². The molecule has 2 aromatic rings. The monoisotopic (exact) mass is 294 g/mol. The van der Waals surface area contributed by atoms with E-state index in [9.17, 15) is 18.0 Å². The van der Waals surface area contributed by atoms with Crippen LogP contribution in [0.25, 0.3) is 0 Å². The summed E-state index contributed by atoms with van der Waals surface area (Å²) in [5.41, 5.74) is 1.78. The molecule has 0 aliphatic carbocycles. The lowest BCUT2D eigenvalue weighted by Gasteiger charge is -2.10. The highest BCUT2D eigenvalue weighted by Crippen LogP contribution is 2.19. The Morgan fingerprint density at radius 3 is 2.29 bits per heavy atom. The Labute approximate surface area is 119 Å². The van der Waals surface area contributed by atoms with Crippen molar-refractivity contribution in [3.05, 3.63) is 60.2 Å². The van der Waals surface area contributed by atoms with Crippen molar-refractivity contribution in [3.63, 3.8) is 0 Å². The molecule has 110 valence electrons.